The van der Waals surface area contributed by atoms with E-state index in [0.717, 1.165) is 48.8 Å². The second-order valence-corrected chi connectivity index (χ2v) is 8.89. The first-order valence-corrected chi connectivity index (χ1v) is 11.1. The van der Waals surface area contributed by atoms with E-state index in [2.05, 4.69) is 36.6 Å². The third kappa shape index (κ3) is 4.12. The van der Waals surface area contributed by atoms with E-state index in [1.54, 1.807) is 23.7 Å². The van der Waals surface area contributed by atoms with Crippen LogP contribution in [-0.2, 0) is 0 Å². The number of nitrogens with one attached hydrogen (secondary N) is 3. The number of H-pyrrole nitrogens is 1. The number of nitrogens with zero attached hydrogens (tertiary/aromatic N) is 5. The van der Waals surface area contributed by atoms with Crippen LogP contribution in [0, 0.1) is 32.1 Å². The van der Waals surface area contributed by atoms with Gasteiger partial charge in [-0.25, -0.2) is 9.97 Å². The van der Waals surface area contributed by atoms with E-state index in [1.165, 1.54) is 6.08 Å². The molecule has 0 amide bonds. The van der Waals surface area contributed by atoms with Gasteiger partial charge in [-0.2, -0.15) is 15.2 Å². The van der Waals surface area contributed by atoms with E-state index in [-0.39, 0.29) is 0 Å². The Balaban J connectivity index is 1.50. The summed E-state index contributed by atoms with van der Waals surface area (Å²) in [6.07, 6.45) is 4.87. The Kier molecular flexibility index (Phi) is 5.20. The highest BCUT2D eigenvalue weighted by Crippen LogP contribution is 2.30. The lowest BCUT2D eigenvalue weighted by atomic mass is 10.0. The first-order chi connectivity index (χ1) is 16.0. The van der Waals surface area contributed by atoms with Gasteiger partial charge in [-0.3, -0.25) is 0 Å². The molecule has 3 heterocycles. The van der Waals surface area contributed by atoms with Gasteiger partial charge in [0.05, 0.1) is 27.6 Å². The Hall–Kier alpha value is -4.29. The third-order valence-electron chi connectivity index (χ3n) is 5.19. The highest BCUT2D eigenvalue weighted by Gasteiger charge is 2.13. The molecule has 0 aliphatic heterocycles. The zero-order valence-corrected chi connectivity index (χ0v) is 19.1. The lowest BCUT2D eigenvalue weighted by Crippen LogP contribution is -2.04. The Bertz CT molecular complexity index is 1550. The zero-order chi connectivity index (χ0) is 22.9. The van der Waals surface area contributed by atoms with Crippen molar-refractivity contribution in [2.24, 2.45) is 0 Å². The van der Waals surface area contributed by atoms with Gasteiger partial charge in [-0.15, -0.1) is 11.3 Å². The summed E-state index contributed by atoms with van der Waals surface area (Å²) in [5.74, 6) is 1.07. The summed E-state index contributed by atoms with van der Waals surface area (Å²) in [5, 5.41) is 16.6. The highest BCUT2D eigenvalue weighted by atomic mass is 32.1. The van der Waals surface area contributed by atoms with Crippen LogP contribution in [0.4, 0.5) is 23.1 Å². The van der Waals surface area contributed by atoms with E-state index in [1.807, 2.05) is 51.1 Å². The molecule has 0 fully saturated rings. The number of aryl methyl sites for hydroxylation is 3. The van der Waals surface area contributed by atoms with Crippen LogP contribution in [0.25, 0.3) is 27.5 Å². The molecule has 0 spiro atoms. The number of anilines is 4. The van der Waals surface area contributed by atoms with Gasteiger partial charge in [0.15, 0.2) is 11.5 Å². The molecule has 0 unspecified atom stereocenters. The highest BCUT2D eigenvalue weighted by molar-refractivity contribution is 7.18. The number of hydrogen-bond acceptors (Lipinski definition) is 8. The van der Waals surface area contributed by atoms with Crippen molar-refractivity contribution in [2.75, 3.05) is 10.6 Å². The number of aromatic nitrogens is 5. The number of rotatable bonds is 5. The maximum Gasteiger partial charge on any atom is 0.231 e. The summed E-state index contributed by atoms with van der Waals surface area (Å²) in [4.78, 5) is 21.3. The fourth-order valence-electron chi connectivity index (χ4n) is 3.77. The molecule has 0 aliphatic rings. The van der Waals surface area contributed by atoms with Crippen molar-refractivity contribution in [2.45, 2.75) is 20.8 Å². The van der Waals surface area contributed by atoms with Crippen LogP contribution in [0.3, 0.4) is 0 Å². The minimum Gasteiger partial charge on any atom is -0.340 e. The Morgan fingerprint density at radius 1 is 1.03 bits per heavy atom. The number of benzene rings is 2. The molecule has 0 aliphatic carbocycles. The smallest absolute Gasteiger partial charge is 0.231 e. The van der Waals surface area contributed by atoms with Crippen LogP contribution < -0.4 is 10.6 Å². The van der Waals surface area contributed by atoms with Gasteiger partial charge >= 0.3 is 0 Å². The molecule has 3 N–H and O–H groups in total. The van der Waals surface area contributed by atoms with Gasteiger partial charge in [-0.1, -0.05) is 0 Å². The number of aromatic amines is 1. The Morgan fingerprint density at radius 2 is 1.85 bits per heavy atom. The summed E-state index contributed by atoms with van der Waals surface area (Å²) in [6.45, 7) is 6.03. The minimum absolute atomic E-state index is 0.443. The van der Waals surface area contributed by atoms with Crippen molar-refractivity contribution in [1.82, 2.24) is 24.9 Å². The average molecular weight is 453 g/mol. The van der Waals surface area contributed by atoms with Gasteiger partial charge in [-0.05, 0) is 73.9 Å². The average Bonchev–Trinajstić information content (AvgIpc) is 3.40. The second-order valence-electron chi connectivity index (χ2n) is 7.65. The Labute approximate surface area is 194 Å². The van der Waals surface area contributed by atoms with Crippen molar-refractivity contribution in [3.63, 3.8) is 0 Å². The standard InChI is InChI=1S/C24H20N8S/c1-13-9-16(5-4-8-25)10-14(2)20(13)30-24-31-22-21(26-12-27-22)23(32-24)29-17-6-7-18-19(11-17)33-15(3)28-18/h4-7,9-12H,1-3H3,(H3,26,27,29,30,31,32). The molecule has 5 rings (SSSR count). The predicted molar refractivity (Wildman–Crippen MR) is 133 cm³/mol. The first-order valence-electron chi connectivity index (χ1n) is 10.3. The largest absolute Gasteiger partial charge is 0.340 e. The van der Waals surface area contributed by atoms with E-state index >= 15 is 0 Å². The van der Waals surface area contributed by atoms with Crippen LogP contribution >= 0.6 is 11.3 Å². The van der Waals surface area contributed by atoms with E-state index < -0.39 is 0 Å². The van der Waals surface area contributed by atoms with Crippen molar-refractivity contribution in [1.29, 1.82) is 5.26 Å². The van der Waals surface area contributed by atoms with Crippen LogP contribution in [0.2, 0.25) is 0 Å². The molecule has 33 heavy (non-hydrogen) atoms. The molecule has 0 radical (unpaired) electrons. The molecule has 8 nitrogen and oxygen atoms in total. The van der Waals surface area contributed by atoms with Gasteiger partial charge in [0.25, 0.3) is 0 Å². The number of imidazole rings is 1. The van der Waals surface area contributed by atoms with Gasteiger partial charge in [0.2, 0.25) is 5.95 Å². The van der Waals surface area contributed by atoms with Crippen molar-refractivity contribution in [3.8, 4) is 6.07 Å². The minimum atomic E-state index is 0.443. The molecular weight excluding hydrogens is 432 g/mol. The molecular formula is C24H20N8S. The van der Waals surface area contributed by atoms with Crippen molar-refractivity contribution >= 4 is 61.9 Å². The zero-order valence-electron chi connectivity index (χ0n) is 18.3. The topological polar surface area (TPSA) is 115 Å². The van der Waals surface area contributed by atoms with Crippen LogP contribution in [0.15, 0.2) is 42.7 Å². The molecule has 2 aromatic carbocycles. The SMILES string of the molecule is Cc1nc2ccc(Nc3nc(Nc4c(C)cc(C=CC#N)cc4C)nc4nc[nH]c34)cc2s1. The van der Waals surface area contributed by atoms with Crippen molar-refractivity contribution in [3.05, 3.63) is 64.4 Å². The Morgan fingerprint density at radius 3 is 2.64 bits per heavy atom. The number of fused-ring (bicyclic) bond motifs is 2. The quantitative estimate of drug-likeness (QED) is 0.284. The number of nitriles is 1. The summed E-state index contributed by atoms with van der Waals surface area (Å²) < 4.78 is 1.11. The molecule has 0 bridgehead atoms. The van der Waals surface area contributed by atoms with Crippen LogP contribution in [-0.4, -0.2) is 24.9 Å². The molecule has 0 saturated heterocycles. The number of thiazole rings is 1. The third-order valence-corrected chi connectivity index (χ3v) is 6.12. The van der Waals surface area contributed by atoms with E-state index in [4.69, 9.17) is 10.2 Å². The molecule has 5 aromatic rings. The van der Waals surface area contributed by atoms with Gasteiger partial charge in [0.1, 0.15) is 5.52 Å². The maximum absolute atomic E-state index is 8.79. The predicted octanol–water partition coefficient (Wildman–Crippen LogP) is 5.91. The number of hydrogen-bond donors (Lipinski definition) is 3. The molecule has 162 valence electrons. The van der Waals surface area contributed by atoms with Gasteiger partial charge in [0, 0.05) is 17.5 Å². The molecule has 0 saturated carbocycles. The second kappa shape index (κ2) is 8.33. The number of allylic oxidation sites excluding steroid dienone is 1. The maximum atomic E-state index is 8.79. The van der Waals surface area contributed by atoms with E-state index in [0.29, 0.717) is 17.4 Å². The fraction of sp³-hybridized carbons (Fsp3) is 0.125. The van der Waals surface area contributed by atoms with Crippen molar-refractivity contribution < 1.29 is 0 Å². The summed E-state index contributed by atoms with van der Waals surface area (Å²) in [5.41, 5.74) is 7.13. The normalized spacial score (nSPS) is 11.3. The lowest BCUT2D eigenvalue weighted by molar-refractivity contribution is 1.18. The van der Waals surface area contributed by atoms with Gasteiger partial charge < -0.3 is 15.6 Å². The monoisotopic (exact) mass is 452 g/mol. The van der Waals surface area contributed by atoms with Crippen LogP contribution in [0.5, 0.6) is 0 Å². The molecule has 3 aromatic heterocycles. The molecule has 0 atom stereocenters. The summed E-state index contributed by atoms with van der Waals surface area (Å²) in [6, 6.07) is 12.1. The van der Waals surface area contributed by atoms with Crippen LogP contribution in [0.1, 0.15) is 21.7 Å². The van der Waals surface area contributed by atoms with E-state index in [9.17, 15) is 0 Å². The molecule has 9 heteroatoms. The lowest BCUT2D eigenvalue weighted by Gasteiger charge is -2.14. The fourth-order valence-corrected chi connectivity index (χ4v) is 4.64. The summed E-state index contributed by atoms with van der Waals surface area (Å²) in [7, 11) is 0. The summed E-state index contributed by atoms with van der Waals surface area (Å²) >= 11 is 1.66. The first kappa shape index (κ1) is 20.6.